The molecule has 1 aromatic carbocycles. The van der Waals surface area contributed by atoms with E-state index in [1.807, 2.05) is 26.0 Å². The first-order chi connectivity index (χ1) is 9.47. The van der Waals surface area contributed by atoms with E-state index >= 15 is 0 Å². The Kier molecular flexibility index (Phi) is 9.60. The molecule has 0 aliphatic heterocycles. The van der Waals surface area contributed by atoms with Crippen LogP contribution in [-0.4, -0.2) is 12.6 Å². The number of carbonyl (C=O) groups is 1. The smallest absolute Gasteiger partial charge is 1.00 e. The zero-order valence-electron chi connectivity index (χ0n) is 13.4. The molecule has 0 saturated heterocycles. The minimum absolute atomic E-state index is 0. The SMILES string of the molecule is Cc1cc(C)cc(C(=O)[NH][Ti+2]([C]2=CC=CC2)[SiH](C)C)c1.[Cl-].[Cl-]. The average molecular weight is 391 g/mol. The summed E-state index contributed by atoms with van der Waals surface area (Å²) in [7, 11) is 0. The van der Waals surface area contributed by atoms with E-state index in [4.69, 9.17) is 0 Å². The molecule has 119 valence electrons. The van der Waals surface area contributed by atoms with Crippen LogP contribution in [0.3, 0.4) is 0 Å². The van der Waals surface area contributed by atoms with Gasteiger partial charge in [0.15, 0.2) is 0 Å². The van der Waals surface area contributed by atoms with E-state index in [1.54, 1.807) is 0 Å². The number of carbonyl (C=O) groups excluding carboxylic acids is 1. The van der Waals surface area contributed by atoms with E-state index in [-0.39, 0.29) is 30.7 Å². The van der Waals surface area contributed by atoms with Gasteiger partial charge in [-0.05, 0) is 0 Å². The molecule has 0 atom stereocenters. The van der Waals surface area contributed by atoms with Crippen molar-refractivity contribution in [1.29, 1.82) is 0 Å². The number of hydrogen-bond donors (Lipinski definition) is 1. The molecule has 1 aliphatic carbocycles. The molecule has 6 heteroatoms. The first kappa shape index (κ1) is 21.7. The molecular weight excluding hydrogens is 369 g/mol. The molecule has 0 unspecified atom stereocenters. The molecule has 0 spiro atoms. The van der Waals surface area contributed by atoms with E-state index in [0.29, 0.717) is 0 Å². The van der Waals surface area contributed by atoms with Crippen molar-refractivity contribution in [3.05, 3.63) is 57.0 Å². The number of aryl methyl sites for hydroxylation is 2. The van der Waals surface area contributed by atoms with E-state index in [0.717, 1.165) is 23.1 Å². The van der Waals surface area contributed by atoms with Crippen LogP contribution in [0, 0.1) is 13.8 Å². The summed E-state index contributed by atoms with van der Waals surface area (Å²) in [5.74, 6) is 0.126. The van der Waals surface area contributed by atoms with E-state index in [9.17, 15) is 4.79 Å². The van der Waals surface area contributed by atoms with Gasteiger partial charge in [0.25, 0.3) is 0 Å². The maximum Gasteiger partial charge on any atom is -1.00 e. The summed E-state index contributed by atoms with van der Waals surface area (Å²) >= 11 is -1.59. The summed E-state index contributed by atoms with van der Waals surface area (Å²) in [6, 6.07) is 6.08. The third-order valence-electron chi connectivity index (χ3n) is 3.43. The van der Waals surface area contributed by atoms with Gasteiger partial charge in [-0.25, -0.2) is 0 Å². The summed E-state index contributed by atoms with van der Waals surface area (Å²) in [5, 5.41) is 0. The first-order valence-corrected chi connectivity index (χ1v) is 14.2. The van der Waals surface area contributed by atoms with Crippen LogP contribution >= 0.6 is 0 Å². The summed E-state index contributed by atoms with van der Waals surface area (Å²) in [6.45, 7) is 7.98. The van der Waals surface area contributed by atoms with Crippen molar-refractivity contribution < 1.29 is 47.0 Å². The van der Waals surface area contributed by atoms with Gasteiger partial charge >= 0.3 is 129 Å². The van der Waals surface area contributed by atoms with Crippen LogP contribution in [0.15, 0.2) is 40.3 Å². The van der Waals surface area contributed by atoms with Gasteiger partial charge in [-0.2, -0.15) is 0 Å². The monoisotopic (exact) mass is 390 g/mol. The van der Waals surface area contributed by atoms with Gasteiger partial charge in [0.2, 0.25) is 0 Å². The molecule has 1 aromatic rings. The maximum absolute atomic E-state index is 12.5. The van der Waals surface area contributed by atoms with Crippen molar-refractivity contribution in [1.82, 2.24) is 3.80 Å². The minimum Gasteiger partial charge on any atom is -1.00 e. The summed E-state index contributed by atoms with van der Waals surface area (Å²) in [5.41, 5.74) is 3.12. The van der Waals surface area contributed by atoms with Crippen molar-refractivity contribution >= 4 is 12.6 Å². The van der Waals surface area contributed by atoms with Gasteiger partial charge in [-0.3, -0.25) is 0 Å². The van der Waals surface area contributed by atoms with Gasteiger partial charge in [0, 0.05) is 0 Å². The minimum atomic E-state index is -1.59. The Hall–Kier alpha value is -0.319. The number of halogens is 2. The molecule has 2 nitrogen and oxygen atoms in total. The van der Waals surface area contributed by atoms with Gasteiger partial charge in [0.05, 0.1) is 0 Å². The van der Waals surface area contributed by atoms with Crippen LogP contribution in [0.5, 0.6) is 0 Å². The summed E-state index contributed by atoms with van der Waals surface area (Å²) < 4.78 is 4.93. The van der Waals surface area contributed by atoms with Gasteiger partial charge in [0.1, 0.15) is 0 Å². The Morgan fingerprint density at radius 1 is 1.14 bits per heavy atom. The Balaban J connectivity index is 0.00000220. The van der Waals surface area contributed by atoms with E-state index in [2.05, 4.69) is 41.2 Å². The third-order valence-corrected chi connectivity index (χ3v) is 14.5. The van der Waals surface area contributed by atoms with Crippen LogP contribution in [0.25, 0.3) is 0 Å². The summed E-state index contributed by atoms with van der Waals surface area (Å²) in [6.07, 6.45) is 7.60. The number of rotatable bonds is 4. The molecule has 2 rings (SSSR count). The molecule has 0 fully saturated rings. The van der Waals surface area contributed by atoms with Gasteiger partial charge in [-0.15, -0.1) is 0 Å². The van der Waals surface area contributed by atoms with Crippen molar-refractivity contribution in [2.24, 2.45) is 0 Å². The second kappa shape index (κ2) is 9.74. The number of benzene rings is 1. The van der Waals surface area contributed by atoms with Crippen molar-refractivity contribution in [2.75, 3.05) is 0 Å². The van der Waals surface area contributed by atoms with Crippen molar-refractivity contribution in [2.45, 2.75) is 33.4 Å². The molecule has 0 aromatic heterocycles. The average Bonchev–Trinajstić information content (AvgIpc) is 2.87. The van der Waals surface area contributed by atoms with Crippen molar-refractivity contribution in [3.63, 3.8) is 0 Å². The Morgan fingerprint density at radius 2 is 1.73 bits per heavy atom. The largest absolute Gasteiger partial charge is 1.00 e. The Bertz CT molecular complexity index is 567. The molecule has 0 radical (unpaired) electrons. The fraction of sp³-hybridized carbons (Fsp3) is 0.312. The van der Waals surface area contributed by atoms with Crippen LogP contribution in [0.4, 0.5) is 0 Å². The molecule has 1 aliphatic rings. The molecule has 22 heavy (non-hydrogen) atoms. The molecule has 1 amide bonds. The molecule has 0 saturated carbocycles. The number of nitrogens with one attached hydrogen (secondary N) is 1. The number of hydrogen-bond acceptors (Lipinski definition) is 1. The van der Waals surface area contributed by atoms with Crippen LogP contribution in [-0.2, 0) is 17.4 Å². The Morgan fingerprint density at radius 3 is 2.18 bits per heavy atom. The second-order valence-corrected chi connectivity index (χ2v) is 18.5. The topological polar surface area (TPSA) is 29.1 Å². The van der Waals surface area contributed by atoms with Gasteiger partial charge in [-0.1, -0.05) is 0 Å². The fourth-order valence-electron chi connectivity index (χ4n) is 2.54. The quantitative estimate of drug-likeness (QED) is 0.561. The van der Waals surface area contributed by atoms with Crippen LogP contribution in [0.1, 0.15) is 27.9 Å². The molecule has 1 N–H and O–H groups in total. The fourth-order valence-corrected chi connectivity index (χ4v) is 11.6. The predicted molar refractivity (Wildman–Crippen MR) is 84.1 cm³/mol. The first-order valence-electron chi connectivity index (χ1n) is 7.10. The molecular formula is C16H22Cl2NOSiTi. The van der Waals surface area contributed by atoms with Gasteiger partial charge < -0.3 is 24.8 Å². The van der Waals surface area contributed by atoms with Crippen LogP contribution < -0.4 is 28.6 Å². The third kappa shape index (κ3) is 5.71. The number of amides is 1. The predicted octanol–water partition coefficient (Wildman–Crippen LogP) is -2.60. The van der Waals surface area contributed by atoms with Crippen molar-refractivity contribution in [3.8, 4) is 0 Å². The standard InChI is InChI=1S/C9H11NO.C5H5.C2H7Si.2ClH.Ti/c1-6-3-7(2)5-8(4-6)9(10)11;1-2-4-5-3-1;1-3-2;;;/h3-5H,1-2H3,(H2,10,11);1-3H,4H2;3H,1-2H3;2*1H;/q;;;;;+3/p-3. The zero-order valence-corrected chi connectivity index (χ0v) is 17.6. The number of allylic oxidation sites excluding steroid dienone is 4. The van der Waals surface area contributed by atoms with E-state index < -0.39 is 24.0 Å². The maximum atomic E-state index is 12.5. The normalized spacial score (nSPS) is 12.3. The second-order valence-electron chi connectivity index (χ2n) is 5.72. The Labute approximate surface area is 153 Å². The molecule has 0 bridgehead atoms. The molecule has 0 heterocycles. The zero-order chi connectivity index (χ0) is 14.7. The van der Waals surface area contributed by atoms with Crippen LogP contribution in [0.2, 0.25) is 13.1 Å². The van der Waals surface area contributed by atoms with E-state index in [1.165, 1.54) is 3.88 Å². The summed E-state index contributed by atoms with van der Waals surface area (Å²) in [4.78, 5) is 12.5.